The summed E-state index contributed by atoms with van der Waals surface area (Å²) in [5.74, 6) is -0.864. The summed E-state index contributed by atoms with van der Waals surface area (Å²) in [6.45, 7) is 3.39. The van der Waals surface area contributed by atoms with Gasteiger partial charge in [0.2, 0.25) is 0 Å². The van der Waals surface area contributed by atoms with E-state index in [1.165, 1.54) is 0 Å². The number of carboxylic acids is 1. The van der Waals surface area contributed by atoms with Crippen LogP contribution in [0.2, 0.25) is 0 Å². The van der Waals surface area contributed by atoms with Gasteiger partial charge in [0, 0.05) is 6.07 Å². The van der Waals surface area contributed by atoms with Gasteiger partial charge in [-0.25, -0.2) is 4.79 Å². The van der Waals surface area contributed by atoms with Gasteiger partial charge in [-0.3, -0.25) is 0 Å². The summed E-state index contributed by atoms with van der Waals surface area (Å²) in [5, 5.41) is 22.4. The van der Waals surface area contributed by atoms with Crippen LogP contribution in [0.15, 0.2) is 22.7 Å². The second-order valence-electron chi connectivity index (χ2n) is 4.60. The Labute approximate surface area is 103 Å². The fourth-order valence-corrected chi connectivity index (χ4v) is 1.43. The second-order valence-corrected chi connectivity index (χ2v) is 4.60. The number of aromatic nitrogens is 1. The summed E-state index contributed by atoms with van der Waals surface area (Å²) < 4.78 is 10.1. The lowest BCUT2D eigenvalue weighted by Gasteiger charge is -2.17. The van der Waals surface area contributed by atoms with E-state index >= 15 is 0 Å². The Morgan fingerprint density at radius 1 is 1.50 bits per heavy atom. The highest BCUT2D eigenvalue weighted by Crippen LogP contribution is 2.23. The molecule has 0 saturated carbocycles. The highest BCUT2D eigenvalue weighted by Gasteiger charge is 2.17. The number of carboxylic acid groups (broad SMARTS) is 1. The molecule has 0 aliphatic carbocycles. The third-order valence-electron chi connectivity index (χ3n) is 2.24. The molecule has 0 aliphatic heterocycles. The maximum atomic E-state index is 10.8. The van der Waals surface area contributed by atoms with Crippen LogP contribution >= 0.6 is 0 Å². The number of hydrogen-bond donors (Lipinski definition) is 2. The second kappa shape index (κ2) is 4.30. The molecule has 0 amide bonds. The number of aromatic carboxylic acids is 1. The molecule has 0 saturated heterocycles. The lowest BCUT2D eigenvalue weighted by atomic mass is 10.1. The van der Waals surface area contributed by atoms with E-state index in [0.29, 0.717) is 16.7 Å². The minimum Gasteiger partial charge on any atom is -0.491 e. The topological polar surface area (TPSA) is 92.8 Å². The van der Waals surface area contributed by atoms with Gasteiger partial charge >= 0.3 is 5.97 Å². The van der Waals surface area contributed by atoms with E-state index < -0.39 is 11.6 Å². The molecule has 0 aliphatic rings. The van der Waals surface area contributed by atoms with E-state index in [0.717, 1.165) is 0 Å². The van der Waals surface area contributed by atoms with Crippen molar-refractivity contribution in [3.05, 3.63) is 24.0 Å². The Morgan fingerprint density at radius 3 is 2.83 bits per heavy atom. The number of aliphatic hydroxyl groups is 1. The number of benzene rings is 1. The normalized spacial score (nSPS) is 11.7. The van der Waals surface area contributed by atoms with Gasteiger partial charge in [-0.2, -0.15) is 0 Å². The lowest BCUT2D eigenvalue weighted by Crippen LogP contribution is -2.27. The van der Waals surface area contributed by atoms with Crippen LogP contribution in [0, 0.1) is 0 Å². The van der Waals surface area contributed by atoms with Gasteiger partial charge in [0.05, 0.1) is 11.0 Å². The molecule has 0 spiro atoms. The van der Waals surface area contributed by atoms with Crippen molar-refractivity contribution in [2.45, 2.75) is 19.4 Å². The van der Waals surface area contributed by atoms with Crippen molar-refractivity contribution in [1.82, 2.24) is 5.16 Å². The van der Waals surface area contributed by atoms with Crippen molar-refractivity contribution in [3.8, 4) is 5.75 Å². The number of nitrogens with zero attached hydrogens (tertiary/aromatic N) is 1. The van der Waals surface area contributed by atoms with Gasteiger partial charge in [-0.05, 0) is 26.0 Å². The Hall–Kier alpha value is -2.08. The largest absolute Gasteiger partial charge is 0.491 e. The SMILES string of the molecule is CC(C)(O)COc1ccc2c(C(=O)O)onc2c1. The third kappa shape index (κ3) is 2.60. The van der Waals surface area contributed by atoms with Crippen LogP contribution in [-0.2, 0) is 0 Å². The van der Waals surface area contributed by atoms with Crippen LogP contribution < -0.4 is 4.74 Å². The van der Waals surface area contributed by atoms with Crippen LogP contribution in [0.5, 0.6) is 5.75 Å². The number of fused-ring (bicyclic) bond motifs is 1. The van der Waals surface area contributed by atoms with Crippen molar-refractivity contribution >= 4 is 16.9 Å². The van der Waals surface area contributed by atoms with Crippen LogP contribution in [-0.4, -0.2) is 33.5 Å². The van der Waals surface area contributed by atoms with Gasteiger partial charge in [0.15, 0.2) is 0 Å². The smallest absolute Gasteiger partial charge is 0.375 e. The minimum absolute atomic E-state index is 0.127. The summed E-state index contributed by atoms with van der Waals surface area (Å²) in [6, 6.07) is 4.74. The zero-order chi connectivity index (χ0) is 13.3. The van der Waals surface area contributed by atoms with E-state index in [9.17, 15) is 9.90 Å². The van der Waals surface area contributed by atoms with Gasteiger partial charge in [0.1, 0.15) is 17.9 Å². The summed E-state index contributed by atoms with van der Waals surface area (Å²) in [6.07, 6.45) is 0. The monoisotopic (exact) mass is 251 g/mol. The van der Waals surface area contributed by atoms with Crippen LogP contribution in [0.1, 0.15) is 24.4 Å². The molecule has 6 nitrogen and oxygen atoms in total. The standard InChI is InChI=1S/C12H13NO5/c1-12(2,16)6-17-7-3-4-8-9(5-7)13-18-10(8)11(14)15/h3-5,16H,6H2,1-2H3,(H,14,15). The van der Waals surface area contributed by atoms with Crippen molar-refractivity contribution in [1.29, 1.82) is 0 Å². The van der Waals surface area contributed by atoms with Gasteiger partial charge in [-0.15, -0.1) is 0 Å². The van der Waals surface area contributed by atoms with Crippen LogP contribution in [0.4, 0.5) is 0 Å². The van der Waals surface area contributed by atoms with E-state index in [1.54, 1.807) is 32.0 Å². The molecule has 0 fully saturated rings. The maximum Gasteiger partial charge on any atom is 0.375 e. The van der Waals surface area contributed by atoms with Gasteiger partial charge in [0.25, 0.3) is 5.76 Å². The molecule has 96 valence electrons. The number of ether oxygens (including phenoxy) is 1. The van der Waals surface area contributed by atoms with E-state index in [-0.39, 0.29) is 12.4 Å². The molecular weight excluding hydrogens is 238 g/mol. The average molecular weight is 251 g/mol. The fourth-order valence-electron chi connectivity index (χ4n) is 1.43. The fraction of sp³-hybridized carbons (Fsp3) is 0.333. The molecule has 0 bridgehead atoms. The Balaban J connectivity index is 2.26. The summed E-state index contributed by atoms with van der Waals surface area (Å²) in [4.78, 5) is 10.8. The first-order chi connectivity index (χ1) is 8.37. The minimum atomic E-state index is -1.16. The Kier molecular flexibility index (Phi) is 2.96. The molecule has 2 N–H and O–H groups in total. The van der Waals surface area contributed by atoms with E-state index in [4.69, 9.17) is 14.4 Å². The molecule has 0 unspecified atom stereocenters. The zero-order valence-corrected chi connectivity index (χ0v) is 10.0. The summed E-state index contributed by atoms with van der Waals surface area (Å²) >= 11 is 0. The quantitative estimate of drug-likeness (QED) is 0.858. The number of hydrogen-bond acceptors (Lipinski definition) is 5. The summed E-state index contributed by atoms with van der Waals surface area (Å²) in [5.41, 5.74) is -0.536. The predicted octanol–water partition coefficient (Wildman–Crippen LogP) is 1.68. The highest BCUT2D eigenvalue weighted by atomic mass is 16.5. The van der Waals surface area contributed by atoms with Gasteiger partial charge in [-0.1, -0.05) is 5.16 Å². The molecule has 0 radical (unpaired) electrons. The first kappa shape index (κ1) is 12.4. The van der Waals surface area contributed by atoms with Crippen molar-refractivity contribution < 1.29 is 24.3 Å². The first-order valence-electron chi connectivity index (χ1n) is 5.35. The third-order valence-corrected chi connectivity index (χ3v) is 2.24. The van der Waals surface area contributed by atoms with Crippen molar-refractivity contribution in [3.63, 3.8) is 0 Å². The molecule has 1 aromatic carbocycles. The Morgan fingerprint density at radius 2 is 2.22 bits per heavy atom. The molecule has 2 rings (SSSR count). The predicted molar refractivity (Wildman–Crippen MR) is 62.8 cm³/mol. The van der Waals surface area contributed by atoms with E-state index in [1.807, 2.05) is 0 Å². The van der Waals surface area contributed by atoms with Crippen molar-refractivity contribution in [2.75, 3.05) is 6.61 Å². The van der Waals surface area contributed by atoms with Crippen LogP contribution in [0.3, 0.4) is 0 Å². The lowest BCUT2D eigenvalue weighted by molar-refractivity contribution is 0.0285. The van der Waals surface area contributed by atoms with Gasteiger partial charge < -0.3 is 19.5 Å². The first-order valence-corrected chi connectivity index (χ1v) is 5.35. The molecule has 18 heavy (non-hydrogen) atoms. The number of rotatable bonds is 4. The average Bonchev–Trinajstić information content (AvgIpc) is 2.68. The summed E-state index contributed by atoms with van der Waals surface area (Å²) in [7, 11) is 0. The molecule has 0 atom stereocenters. The molecule has 1 aromatic heterocycles. The molecule has 2 aromatic rings. The number of carbonyl (C=O) groups is 1. The van der Waals surface area contributed by atoms with E-state index in [2.05, 4.69) is 5.16 Å². The van der Waals surface area contributed by atoms with Crippen molar-refractivity contribution in [2.24, 2.45) is 0 Å². The van der Waals surface area contributed by atoms with Crippen LogP contribution in [0.25, 0.3) is 10.9 Å². The molecular formula is C12H13NO5. The highest BCUT2D eigenvalue weighted by molar-refractivity contribution is 6.00. The maximum absolute atomic E-state index is 10.8. The molecule has 1 heterocycles. The zero-order valence-electron chi connectivity index (χ0n) is 10.0. The molecule has 6 heteroatoms. The Bertz CT molecular complexity index is 582.